The third-order valence-electron chi connectivity index (χ3n) is 4.87. The molecule has 0 saturated carbocycles. The molecular formula is C31H50. The van der Waals surface area contributed by atoms with Crippen LogP contribution in [0.25, 0.3) is 0 Å². The highest BCUT2D eigenvalue weighted by Gasteiger charge is 1.90. The zero-order chi connectivity index (χ0) is 20.8. The van der Waals surface area contributed by atoms with Crippen LogP contribution < -0.4 is 0 Å². The summed E-state index contributed by atoms with van der Waals surface area (Å²) in [6, 6.07) is 26.1. The fourth-order valence-corrected chi connectivity index (χ4v) is 2.72. The molecule has 0 fully saturated rings. The van der Waals surface area contributed by atoms with Crippen LogP contribution in [0.4, 0.5) is 0 Å². The molecule has 0 heterocycles. The van der Waals surface area contributed by atoms with Crippen LogP contribution in [0.2, 0.25) is 0 Å². The first-order valence-corrected chi connectivity index (χ1v) is 10.7. The first-order valence-electron chi connectivity index (χ1n) is 10.7. The van der Waals surface area contributed by atoms with Crippen molar-refractivity contribution in [3.05, 3.63) is 106 Å². The Hall–Kier alpha value is -2.34. The van der Waals surface area contributed by atoms with Gasteiger partial charge in [-0.25, -0.2) is 0 Å². The van der Waals surface area contributed by atoms with Crippen molar-refractivity contribution in [3.8, 4) is 0 Å². The van der Waals surface area contributed by atoms with E-state index in [1.54, 1.807) is 0 Å². The van der Waals surface area contributed by atoms with Crippen LogP contribution in [0.15, 0.2) is 72.8 Å². The molecule has 0 bridgehead atoms. The van der Waals surface area contributed by atoms with Gasteiger partial charge in [-0.3, -0.25) is 0 Å². The van der Waals surface area contributed by atoms with E-state index in [1.165, 1.54) is 33.4 Å². The molecule has 174 valence electrons. The maximum Gasteiger partial charge on any atom is -0.0307 e. The maximum atomic E-state index is 2.28. The van der Waals surface area contributed by atoms with Gasteiger partial charge in [0.25, 0.3) is 0 Å². The average Bonchev–Trinajstić information content (AvgIpc) is 2.76. The minimum atomic E-state index is 0. The fourth-order valence-electron chi connectivity index (χ4n) is 2.72. The molecule has 3 aromatic carbocycles. The Kier molecular flexibility index (Phi) is 21.1. The van der Waals surface area contributed by atoms with Gasteiger partial charge in [0.15, 0.2) is 0 Å². The Balaban J connectivity index is -0.000000364. The van der Waals surface area contributed by atoms with E-state index in [2.05, 4.69) is 114 Å². The molecule has 3 aromatic rings. The van der Waals surface area contributed by atoms with E-state index in [0.29, 0.717) is 0 Å². The van der Waals surface area contributed by atoms with E-state index in [4.69, 9.17) is 0 Å². The van der Waals surface area contributed by atoms with E-state index in [9.17, 15) is 0 Å². The van der Waals surface area contributed by atoms with Gasteiger partial charge in [0.2, 0.25) is 0 Å². The van der Waals surface area contributed by atoms with Crippen molar-refractivity contribution < 1.29 is 0 Å². The SMILES string of the molecule is C.C.C.CCc1ccc(CC)cc1.CCc1cccc(CC)c1.Cc1ccc(C)cc1. The van der Waals surface area contributed by atoms with Gasteiger partial charge in [0.05, 0.1) is 0 Å². The fraction of sp³-hybridized carbons (Fsp3) is 0.419. The normalized spacial score (nSPS) is 8.71. The lowest BCUT2D eigenvalue weighted by atomic mass is 10.1. The zero-order valence-electron chi connectivity index (χ0n) is 18.8. The van der Waals surface area contributed by atoms with Crippen molar-refractivity contribution in [1.82, 2.24) is 0 Å². The van der Waals surface area contributed by atoms with Gasteiger partial charge in [-0.1, -0.05) is 134 Å². The standard InChI is InChI=1S/2C10H14.C8H10.3CH4/c1-3-9-5-7-10(4-2)8-6-9;1-3-9-6-5-7-10(4-2)8-9;1-7-3-5-8(2)6-4-7;;;/h2*5-8H,3-4H2,1-2H3;3-6H,1-2H3;3*1H4. The summed E-state index contributed by atoms with van der Waals surface area (Å²) < 4.78 is 0. The van der Waals surface area contributed by atoms with Crippen LogP contribution in [0.5, 0.6) is 0 Å². The van der Waals surface area contributed by atoms with Gasteiger partial charge in [-0.2, -0.15) is 0 Å². The lowest BCUT2D eigenvalue weighted by molar-refractivity contribution is 1.09. The molecule has 0 nitrogen and oxygen atoms in total. The Bertz CT molecular complexity index is 701. The molecule has 0 spiro atoms. The van der Waals surface area contributed by atoms with Crippen LogP contribution in [0.1, 0.15) is 83.4 Å². The quantitative estimate of drug-likeness (QED) is 0.392. The van der Waals surface area contributed by atoms with E-state index in [1.807, 2.05) is 0 Å². The van der Waals surface area contributed by atoms with Crippen molar-refractivity contribution in [2.24, 2.45) is 0 Å². The Morgan fingerprint density at radius 1 is 0.419 bits per heavy atom. The summed E-state index contributed by atoms with van der Waals surface area (Å²) in [5.74, 6) is 0. The van der Waals surface area contributed by atoms with E-state index >= 15 is 0 Å². The minimum absolute atomic E-state index is 0. The summed E-state index contributed by atoms with van der Waals surface area (Å²) >= 11 is 0. The molecule has 0 unspecified atom stereocenters. The predicted octanol–water partition coefficient (Wildman–Crippen LogP) is 9.83. The molecule has 0 radical (unpaired) electrons. The largest absolute Gasteiger partial charge is 0.0776 e. The molecule has 31 heavy (non-hydrogen) atoms. The summed E-state index contributed by atoms with van der Waals surface area (Å²) in [7, 11) is 0. The molecule has 3 rings (SSSR count). The highest BCUT2D eigenvalue weighted by Crippen LogP contribution is 2.06. The van der Waals surface area contributed by atoms with Crippen LogP contribution in [-0.4, -0.2) is 0 Å². The molecule has 0 saturated heterocycles. The summed E-state index contributed by atoms with van der Waals surface area (Å²) in [6.45, 7) is 12.9. The molecular weight excluding hydrogens is 372 g/mol. The average molecular weight is 423 g/mol. The van der Waals surface area contributed by atoms with E-state index < -0.39 is 0 Å². The Morgan fingerprint density at radius 2 is 0.710 bits per heavy atom. The molecule has 0 aliphatic rings. The Labute approximate surface area is 195 Å². The third-order valence-corrected chi connectivity index (χ3v) is 4.87. The van der Waals surface area contributed by atoms with Crippen LogP contribution in [0, 0.1) is 13.8 Å². The lowest BCUT2D eigenvalue weighted by Gasteiger charge is -1.98. The Morgan fingerprint density at radius 3 is 0.968 bits per heavy atom. The number of benzene rings is 3. The van der Waals surface area contributed by atoms with Gasteiger partial charge >= 0.3 is 0 Å². The first kappa shape index (κ1) is 33.3. The molecule has 0 aromatic heterocycles. The summed E-state index contributed by atoms with van der Waals surface area (Å²) in [4.78, 5) is 0. The summed E-state index contributed by atoms with van der Waals surface area (Å²) in [6.07, 6.45) is 4.58. The molecule has 0 aliphatic carbocycles. The van der Waals surface area contributed by atoms with Gasteiger partial charge in [0, 0.05) is 0 Å². The second-order valence-corrected chi connectivity index (χ2v) is 7.21. The number of rotatable bonds is 4. The van der Waals surface area contributed by atoms with Crippen molar-refractivity contribution in [2.45, 2.75) is 89.5 Å². The summed E-state index contributed by atoms with van der Waals surface area (Å²) in [5, 5.41) is 0. The van der Waals surface area contributed by atoms with Crippen molar-refractivity contribution in [1.29, 1.82) is 0 Å². The van der Waals surface area contributed by atoms with Crippen molar-refractivity contribution >= 4 is 0 Å². The maximum absolute atomic E-state index is 2.28. The topological polar surface area (TPSA) is 0 Å². The molecule has 0 heteroatoms. The number of hydrogen-bond donors (Lipinski definition) is 0. The number of aryl methyl sites for hydroxylation is 6. The third kappa shape index (κ3) is 14.3. The zero-order valence-corrected chi connectivity index (χ0v) is 18.8. The van der Waals surface area contributed by atoms with Crippen LogP contribution in [-0.2, 0) is 25.7 Å². The van der Waals surface area contributed by atoms with Crippen LogP contribution >= 0.6 is 0 Å². The van der Waals surface area contributed by atoms with Crippen molar-refractivity contribution in [2.75, 3.05) is 0 Å². The highest BCUT2D eigenvalue weighted by atomic mass is 14.0. The molecule has 0 aliphatic heterocycles. The van der Waals surface area contributed by atoms with E-state index in [-0.39, 0.29) is 22.3 Å². The first-order chi connectivity index (χ1) is 13.5. The molecule has 0 amide bonds. The van der Waals surface area contributed by atoms with Gasteiger partial charge < -0.3 is 0 Å². The lowest BCUT2D eigenvalue weighted by Crippen LogP contribution is -1.83. The smallest absolute Gasteiger partial charge is 0.0307 e. The molecule has 0 atom stereocenters. The molecule has 0 N–H and O–H groups in total. The van der Waals surface area contributed by atoms with Gasteiger partial charge in [-0.05, 0) is 61.8 Å². The monoisotopic (exact) mass is 422 g/mol. The second kappa shape index (κ2) is 19.6. The van der Waals surface area contributed by atoms with Crippen molar-refractivity contribution in [3.63, 3.8) is 0 Å². The second-order valence-electron chi connectivity index (χ2n) is 7.21. The van der Waals surface area contributed by atoms with Gasteiger partial charge in [0.1, 0.15) is 0 Å². The number of hydrogen-bond acceptors (Lipinski definition) is 0. The van der Waals surface area contributed by atoms with Gasteiger partial charge in [-0.15, -0.1) is 0 Å². The summed E-state index contributed by atoms with van der Waals surface area (Å²) in [5.41, 5.74) is 8.40. The minimum Gasteiger partial charge on any atom is -0.0776 e. The predicted molar refractivity (Wildman–Crippen MR) is 147 cm³/mol. The highest BCUT2D eigenvalue weighted by molar-refractivity contribution is 5.23. The van der Waals surface area contributed by atoms with E-state index in [0.717, 1.165) is 25.7 Å². The van der Waals surface area contributed by atoms with Crippen LogP contribution in [0.3, 0.4) is 0 Å².